The number of benzene rings is 1. The monoisotopic (exact) mass is 272 g/mol. The van der Waals surface area contributed by atoms with Crippen molar-refractivity contribution in [2.75, 3.05) is 11.9 Å². The van der Waals surface area contributed by atoms with Crippen molar-refractivity contribution in [2.24, 2.45) is 0 Å². The molecule has 0 aliphatic rings. The van der Waals surface area contributed by atoms with Crippen LogP contribution in [0.2, 0.25) is 0 Å². The van der Waals surface area contributed by atoms with Crippen LogP contribution in [0, 0.1) is 13.8 Å². The molecule has 5 nitrogen and oxygen atoms in total. The molecule has 5 heteroatoms. The lowest BCUT2D eigenvalue weighted by Crippen LogP contribution is -2.32. The molecular weight excluding hydrogens is 256 g/mol. The fraction of sp³-hybridized carbons (Fsp3) is 0.200. The van der Waals surface area contributed by atoms with E-state index in [0.29, 0.717) is 5.56 Å². The number of aryl methyl sites for hydroxylation is 2. The van der Waals surface area contributed by atoms with Gasteiger partial charge in [0.2, 0.25) is 5.91 Å². The highest BCUT2D eigenvalue weighted by molar-refractivity contribution is 5.99. The maximum atomic E-state index is 11.8. The van der Waals surface area contributed by atoms with Crippen molar-refractivity contribution in [3.63, 3.8) is 0 Å². The quantitative estimate of drug-likeness (QED) is 0.896. The second-order valence-corrected chi connectivity index (χ2v) is 4.51. The third kappa shape index (κ3) is 3.26. The lowest BCUT2D eigenvalue weighted by Gasteiger charge is -2.11. The van der Waals surface area contributed by atoms with Crippen LogP contribution in [0.5, 0.6) is 0 Å². The fourth-order valence-electron chi connectivity index (χ4n) is 1.85. The average Bonchev–Trinajstić information content (AvgIpc) is 2.94. The van der Waals surface area contributed by atoms with E-state index in [4.69, 9.17) is 4.42 Å². The first-order chi connectivity index (χ1) is 9.58. The van der Waals surface area contributed by atoms with Crippen LogP contribution >= 0.6 is 0 Å². The first-order valence-electron chi connectivity index (χ1n) is 6.24. The summed E-state index contributed by atoms with van der Waals surface area (Å²) < 4.78 is 4.81. The number of carbonyl (C=O) groups excluding carboxylic acids is 2. The third-order valence-corrected chi connectivity index (χ3v) is 2.94. The van der Waals surface area contributed by atoms with Crippen molar-refractivity contribution in [1.29, 1.82) is 0 Å². The number of amides is 2. The van der Waals surface area contributed by atoms with Gasteiger partial charge in [0.25, 0.3) is 5.91 Å². The molecule has 0 bridgehead atoms. The van der Waals surface area contributed by atoms with Crippen molar-refractivity contribution in [2.45, 2.75) is 13.8 Å². The van der Waals surface area contributed by atoms with Crippen LogP contribution in [0.3, 0.4) is 0 Å². The molecule has 2 N–H and O–H groups in total. The molecule has 0 fully saturated rings. The van der Waals surface area contributed by atoms with Crippen molar-refractivity contribution in [1.82, 2.24) is 5.32 Å². The number of anilines is 1. The van der Waals surface area contributed by atoms with Crippen LogP contribution in [-0.4, -0.2) is 18.4 Å². The summed E-state index contributed by atoms with van der Waals surface area (Å²) in [5.74, 6) is -0.602. The van der Waals surface area contributed by atoms with Gasteiger partial charge in [0.05, 0.1) is 18.4 Å². The highest BCUT2D eigenvalue weighted by Crippen LogP contribution is 2.18. The number of para-hydroxylation sites is 1. The van der Waals surface area contributed by atoms with Crippen LogP contribution < -0.4 is 10.6 Å². The molecule has 0 spiro atoms. The summed E-state index contributed by atoms with van der Waals surface area (Å²) in [6.45, 7) is 3.76. The Kier molecular flexibility index (Phi) is 4.20. The highest BCUT2D eigenvalue weighted by Gasteiger charge is 2.10. The smallest absolute Gasteiger partial charge is 0.254 e. The van der Waals surface area contributed by atoms with E-state index < -0.39 is 0 Å². The Morgan fingerprint density at radius 1 is 1.15 bits per heavy atom. The topological polar surface area (TPSA) is 71.3 Å². The molecule has 0 aliphatic carbocycles. The standard InChI is InChI=1S/C15H16N2O3/c1-10-4-3-5-11(2)14(10)17-13(18)8-16-15(19)12-6-7-20-9-12/h3-7,9H,8H2,1-2H3,(H,16,19)(H,17,18). The Hall–Kier alpha value is -2.56. The van der Waals surface area contributed by atoms with E-state index in [1.54, 1.807) is 6.07 Å². The van der Waals surface area contributed by atoms with Gasteiger partial charge in [-0.1, -0.05) is 18.2 Å². The number of hydrogen-bond acceptors (Lipinski definition) is 3. The molecule has 0 radical (unpaired) electrons. The number of carbonyl (C=O) groups is 2. The van der Waals surface area contributed by atoms with Gasteiger partial charge in [-0.25, -0.2) is 0 Å². The van der Waals surface area contributed by atoms with Gasteiger partial charge in [-0.15, -0.1) is 0 Å². The lowest BCUT2D eigenvalue weighted by molar-refractivity contribution is -0.115. The molecule has 1 aromatic carbocycles. The number of rotatable bonds is 4. The van der Waals surface area contributed by atoms with Crippen LogP contribution in [0.1, 0.15) is 21.5 Å². The Balaban J connectivity index is 1.92. The average molecular weight is 272 g/mol. The minimum Gasteiger partial charge on any atom is -0.472 e. The van der Waals surface area contributed by atoms with Crippen LogP contribution in [-0.2, 0) is 4.79 Å². The van der Waals surface area contributed by atoms with E-state index in [-0.39, 0.29) is 18.4 Å². The lowest BCUT2D eigenvalue weighted by atomic mass is 10.1. The molecule has 0 atom stereocenters. The highest BCUT2D eigenvalue weighted by atomic mass is 16.3. The summed E-state index contributed by atoms with van der Waals surface area (Å²) in [7, 11) is 0. The number of nitrogens with one attached hydrogen (secondary N) is 2. The summed E-state index contributed by atoms with van der Waals surface area (Å²) in [6.07, 6.45) is 2.74. The van der Waals surface area contributed by atoms with Gasteiger partial charge in [-0.2, -0.15) is 0 Å². The molecule has 2 rings (SSSR count). The van der Waals surface area contributed by atoms with Crippen molar-refractivity contribution in [3.05, 3.63) is 53.5 Å². The second-order valence-electron chi connectivity index (χ2n) is 4.51. The van der Waals surface area contributed by atoms with Gasteiger partial charge in [-0.05, 0) is 31.0 Å². The van der Waals surface area contributed by atoms with Gasteiger partial charge in [0, 0.05) is 5.69 Å². The zero-order valence-electron chi connectivity index (χ0n) is 11.4. The molecule has 104 valence electrons. The number of hydrogen-bond donors (Lipinski definition) is 2. The zero-order chi connectivity index (χ0) is 14.5. The SMILES string of the molecule is Cc1cccc(C)c1NC(=O)CNC(=O)c1ccoc1. The molecule has 20 heavy (non-hydrogen) atoms. The molecule has 0 unspecified atom stereocenters. The normalized spacial score (nSPS) is 10.1. The van der Waals surface area contributed by atoms with Gasteiger partial charge >= 0.3 is 0 Å². The van der Waals surface area contributed by atoms with Crippen LogP contribution in [0.4, 0.5) is 5.69 Å². The predicted molar refractivity (Wildman–Crippen MR) is 75.6 cm³/mol. The zero-order valence-corrected chi connectivity index (χ0v) is 11.4. The van der Waals surface area contributed by atoms with Gasteiger partial charge in [0.15, 0.2) is 0 Å². The Labute approximate surface area is 117 Å². The van der Waals surface area contributed by atoms with Crippen molar-refractivity contribution < 1.29 is 14.0 Å². The van der Waals surface area contributed by atoms with Crippen molar-refractivity contribution >= 4 is 17.5 Å². The molecule has 0 saturated carbocycles. The van der Waals surface area contributed by atoms with E-state index in [2.05, 4.69) is 10.6 Å². The molecule has 0 saturated heterocycles. The Morgan fingerprint density at radius 2 is 1.85 bits per heavy atom. The Bertz CT molecular complexity index is 598. The molecule has 2 aromatic rings. The molecular formula is C15H16N2O3. The second kappa shape index (κ2) is 6.06. The summed E-state index contributed by atoms with van der Waals surface area (Å²) in [5, 5.41) is 5.34. The van der Waals surface area contributed by atoms with E-state index in [1.165, 1.54) is 12.5 Å². The summed E-state index contributed by atoms with van der Waals surface area (Å²) in [6, 6.07) is 7.32. The third-order valence-electron chi connectivity index (χ3n) is 2.94. The van der Waals surface area contributed by atoms with Gasteiger partial charge in [0.1, 0.15) is 6.26 Å². The van der Waals surface area contributed by atoms with Gasteiger partial charge in [-0.3, -0.25) is 9.59 Å². The van der Waals surface area contributed by atoms with E-state index in [9.17, 15) is 9.59 Å². The van der Waals surface area contributed by atoms with Crippen molar-refractivity contribution in [3.8, 4) is 0 Å². The Morgan fingerprint density at radius 3 is 2.45 bits per heavy atom. The molecule has 1 aromatic heterocycles. The minimum atomic E-state index is -0.338. The van der Waals surface area contributed by atoms with Crippen LogP contribution in [0.25, 0.3) is 0 Å². The number of furan rings is 1. The summed E-state index contributed by atoms with van der Waals surface area (Å²) in [5.41, 5.74) is 3.15. The molecule has 0 aliphatic heterocycles. The van der Waals surface area contributed by atoms with Gasteiger partial charge < -0.3 is 15.1 Å². The summed E-state index contributed by atoms with van der Waals surface area (Å²) >= 11 is 0. The van der Waals surface area contributed by atoms with Crippen LogP contribution in [0.15, 0.2) is 41.2 Å². The minimum absolute atomic E-state index is 0.0855. The first kappa shape index (κ1) is 13.9. The fourth-order valence-corrected chi connectivity index (χ4v) is 1.85. The first-order valence-corrected chi connectivity index (χ1v) is 6.24. The summed E-state index contributed by atoms with van der Waals surface area (Å²) in [4.78, 5) is 23.5. The maximum absolute atomic E-state index is 11.8. The van der Waals surface area contributed by atoms with E-state index in [0.717, 1.165) is 16.8 Å². The maximum Gasteiger partial charge on any atom is 0.254 e. The largest absolute Gasteiger partial charge is 0.472 e. The van der Waals surface area contributed by atoms with E-state index in [1.807, 2.05) is 32.0 Å². The molecule has 1 heterocycles. The predicted octanol–water partition coefficient (Wildman–Crippen LogP) is 2.26. The molecule has 2 amide bonds. The van der Waals surface area contributed by atoms with E-state index >= 15 is 0 Å².